The second kappa shape index (κ2) is 4.59. The minimum absolute atomic E-state index is 0.0592. The van der Waals surface area contributed by atoms with E-state index in [1.807, 2.05) is 19.1 Å². The largest absolute Gasteiger partial charge is 0.472 e. The lowest BCUT2D eigenvalue weighted by Crippen LogP contribution is -2.19. The van der Waals surface area contributed by atoms with E-state index in [-0.39, 0.29) is 12.1 Å². The third-order valence-corrected chi connectivity index (χ3v) is 2.46. The SMILES string of the molecule is C[C@H](N)c1cccnc1OC1CCOC1. The van der Waals surface area contributed by atoms with Gasteiger partial charge in [0.05, 0.1) is 13.2 Å². The molecule has 1 saturated heterocycles. The number of ether oxygens (including phenoxy) is 2. The highest BCUT2D eigenvalue weighted by Crippen LogP contribution is 2.23. The first-order valence-corrected chi connectivity index (χ1v) is 5.22. The Balaban J connectivity index is 2.12. The Kier molecular flexibility index (Phi) is 3.18. The molecule has 15 heavy (non-hydrogen) atoms. The molecule has 0 radical (unpaired) electrons. The standard InChI is InChI=1S/C11H16N2O2/c1-8(12)10-3-2-5-13-11(10)15-9-4-6-14-7-9/h2-3,5,8-9H,4,6-7,12H2,1H3/t8-,9?/m0/s1. The van der Waals surface area contributed by atoms with E-state index in [1.54, 1.807) is 6.20 Å². The van der Waals surface area contributed by atoms with E-state index in [2.05, 4.69) is 4.98 Å². The zero-order chi connectivity index (χ0) is 10.7. The van der Waals surface area contributed by atoms with Crippen molar-refractivity contribution in [2.45, 2.75) is 25.5 Å². The average molecular weight is 208 g/mol. The lowest BCUT2D eigenvalue weighted by molar-refractivity contribution is 0.137. The molecule has 0 aliphatic carbocycles. The maximum absolute atomic E-state index is 5.84. The van der Waals surface area contributed by atoms with Gasteiger partial charge in [-0.25, -0.2) is 4.98 Å². The van der Waals surface area contributed by atoms with Crippen LogP contribution in [0.5, 0.6) is 5.88 Å². The molecule has 1 unspecified atom stereocenters. The van der Waals surface area contributed by atoms with Gasteiger partial charge in [0.25, 0.3) is 0 Å². The molecule has 82 valence electrons. The highest BCUT2D eigenvalue weighted by molar-refractivity contribution is 5.28. The van der Waals surface area contributed by atoms with E-state index in [9.17, 15) is 0 Å². The minimum atomic E-state index is -0.0592. The predicted molar refractivity (Wildman–Crippen MR) is 56.7 cm³/mol. The molecule has 0 saturated carbocycles. The van der Waals surface area contributed by atoms with E-state index in [1.165, 1.54) is 0 Å². The number of pyridine rings is 1. The summed E-state index contributed by atoms with van der Waals surface area (Å²) in [7, 11) is 0. The van der Waals surface area contributed by atoms with E-state index >= 15 is 0 Å². The fourth-order valence-corrected chi connectivity index (χ4v) is 1.61. The van der Waals surface area contributed by atoms with Crippen LogP contribution in [-0.2, 0) is 4.74 Å². The first-order chi connectivity index (χ1) is 7.27. The van der Waals surface area contributed by atoms with Gasteiger partial charge < -0.3 is 15.2 Å². The van der Waals surface area contributed by atoms with Crippen molar-refractivity contribution in [3.05, 3.63) is 23.9 Å². The molecule has 2 heterocycles. The lowest BCUT2D eigenvalue weighted by Gasteiger charge is -2.15. The van der Waals surface area contributed by atoms with Crippen LogP contribution in [0.4, 0.5) is 0 Å². The zero-order valence-electron chi connectivity index (χ0n) is 8.85. The van der Waals surface area contributed by atoms with Gasteiger partial charge in [-0.05, 0) is 13.0 Å². The van der Waals surface area contributed by atoms with Crippen LogP contribution in [0.15, 0.2) is 18.3 Å². The summed E-state index contributed by atoms with van der Waals surface area (Å²) in [6.07, 6.45) is 2.77. The quantitative estimate of drug-likeness (QED) is 0.812. The smallest absolute Gasteiger partial charge is 0.218 e. The molecule has 1 aliphatic heterocycles. The number of hydrogen-bond acceptors (Lipinski definition) is 4. The molecule has 2 atom stereocenters. The molecule has 1 aliphatic rings. The molecule has 2 rings (SSSR count). The van der Waals surface area contributed by atoms with Crippen LogP contribution < -0.4 is 10.5 Å². The summed E-state index contributed by atoms with van der Waals surface area (Å²) in [6, 6.07) is 3.76. The Bertz CT molecular complexity index is 322. The molecule has 2 N–H and O–H groups in total. The number of nitrogens with zero attached hydrogens (tertiary/aromatic N) is 1. The molecule has 1 aromatic heterocycles. The first kappa shape index (κ1) is 10.4. The maximum Gasteiger partial charge on any atom is 0.218 e. The Morgan fingerprint density at radius 1 is 1.67 bits per heavy atom. The summed E-state index contributed by atoms with van der Waals surface area (Å²) in [5, 5.41) is 0. The molecule has 0 amide bonds. The van der Waals surface area contributed by atoms with Crippen molar-refractivity contribution >= 4 is 0 Å². The zero-order valence-corrected chi connectivity index (χ0v) is 8.85. The van der Waals surface area contributed by atoms with Crippen molar-refractivity contribution < 1.29 is 9.47 Å². The van der Waals surface area contributed by atoms with Crippen LogP contribution in [0.2, 0.25) is 0 Å². The van der Waals surface area contributed by atoms with E-state index in [0.29, 0.717) is 12.5 Å². The summed E-state index contributed by atoms with van der Waals surface area (Å²) in [4.78, 5) is 4.21. The topological polar surface area (TPSA) is 57.4 Å². The van der Waals surface area contributed by atoms with E-state index in [4.69, 9.17) is 15.2 Å². The van der Waals surface area contributed by atoms with Gasteiger partial charge >= 0.3 is 0 Å². The van der Waals surface area contributed by atoms with Gasteiger partial charge in [-0.15, -0.1) is 0 Å². The third-order valence-electron chi connectivity index (χ3n) is 2.46. The van der Waals surface area contributed by atoms with Gasteiger partial charge in [-0.1, -0.05) is 6.07 Å². The number of rotatable bonds is 3. The monoisotopic (exact) mass is 208 g/mol. The Hall–Kier alpha value is -1.13. The molecule has 0 aromatic carbocycles. The number of aromatic nitrogens is 1. The van der Waals surface area contributed by atoms with Crippen molar-refractivity contribution in [1.82, 2.24) is 4.98 Å². The molecule has 1 aromatic rings. The van der Waals surface area contributed by atoms with Crippen molar-refractivity contribution in [2.24, 2.45) is 5.73 Å². The second-order valence-corrected chi connectivity index (χ2v) is 3.79. The summed E-state index contributed by atoms with van der Waals surface area (Å²) in [5.74, 6) is 0.642. The van der Waals surface area contributed by atoms with Crippen molar-refractivity contribution in [2.75, 3.05) is 13.2 Å². The minimum Gasteiger partial charge on any atom is -0.472 e. The van der Waals surface area contributed by atoms with Gasteiger partial charge in [0.15, 0.2) is 0 Å². The third kappa shape index (κ3) is 2.46. The average Bonchev–Trinajstić information content (AvgIpc) is 2.71. The van der Waals surface area contributed by atoms with Crippen molar-refractivity contribution in [1.29, 1.82) is 0 Å². The van der Waals surface area contributed by atoms with E-state index < -0.39 is 0 Å². The van der Waals surface area contributed by atoms with Gasteiger partial charge in [0, 0.05) is 24.2 Å². The first-order valence-electron chi connectivity index (χ1n) is 5.22. The highest BCUT2D eigenvalue weighted by Gasteiger charge is 2.19. The van der Waals surface area contributed by atoms with Crippen LogP contribution >= 0.6 is 0 Å². The van der Waals surface area contributed by atoms with Crippen LogP contribution in [0.3, 0.4) is 0 Å². The Labute approximate surface area is 89.4 Å². The van der Waals surface area contributed by atoms with Gasteiger partial charge in [-0.3, -0.25) is 0 Å². The predicted octanol–water partition coefficient (Wildman–Crippen LogP) is 1.27. The van der Waals surface area contributed by atoms with Crippen molar-refractivity contribution in [3.8, 4) is 5.88 Å². The number of hydrogen-bond donors (Lipinski definition) is 1. The van der Waals surface area contributed by atoms with Crippen LogP contribution in [-0.4, -0.2) is 24.3 Å². The molecule has 1 fully saturated rings. The fraction of sp³-hybridized carbons (Fsp3) is 0.545. The molecular weight excluding hydrogens is 192 g/mol. The van der Waals surface area contributed by atoms with Gasteiger partial charge in [0.1, 0.15) is 6.10 Å². The summed E-state index contributed by atoms with van der Waals surface area (Å²) >= 11 is 0. The summed E-state index contributed by atoms with van der Waals surface area (Å²) < 4.78 is 11.0. The lowest BCUT2D eigenvalue weighted by atomic mass is 10.1. The molecule has 4 heteroatoms. The summed E-state index contributed by atoms with van der Waals surface area (Å²) in [5.41, 5.74) is 6.79. The molecule has 4 nitrogen and oxygen atoms in total. The normalized spacial score (nSPS) is 22.7. The van der Waals surface area contributed by atoms with E-state index in [0.717, 1.165) is 18.6 Å². The molecule has 0 bridgehead atoms. The van der Waals surface area contributed by atoms with Gasteiger partial charge in [-0.2, -0.15) is 0 Å². The van der Waals surface area contributed by atoms with Crippen LogP contribution in [0, 0.1) is 0 Å². The fourth-order valence-electron chi connectivity index (χ4n) is 1.61. The van der Waals surface area contributed by atoms with Crippen LogP contribution in [0.1, 0.15) is 24.9 Å². The Morgan fingerprint density at radius 2 is 2.53 bits per heavy atom. The van der Waals surface area contributed by atoms with Crippen LogP contribution in [0.25, 0.3) is 0 Å². The Morgan fingerprint density at radius 3 is 3.20 bits per heavy atom. The van der Waals surface area contributed by atoms with Crippen molar-refractivity contribution in [3.63, 3.8) is 0 Å². The van der Waals surface area contributed by atoms with Gasteiger partial charge in [0.2, 0.25) is 5.88 Å². The molecular formula is C11H16N2O2. The second-order valence-electron chi connectivity index (χ2n) is 3.79. The molecule has 0 spiro atoms. The highest BCUT2D eigenvalue weighted by atomic mass is 16.5. The maximum atomic E-state index is 5.84. The number of nitrogens with two attached hydrogens (primary N) is 1. The summed E-state index contributed by atoms with van der Waals surface area (Å²) in [6.45, 7) is 3.34.